The number of rotatable bonds is 2. The van der Waals surface area contributed by atoms with Crippen LogP contribution >= 0.6 is 0 Å². The first-order valence-electron chi connectivity index (χ1n) is 7.48. The van der Waals surface area contributed by atoms with Crippen molar-refractivity contribution >= 4 is 21.4 Å². The van der Waals surface area contributed by atoms with Crippen molar-refractivity contribution in [3.8, 4) is 0 Å². The second-order valence-electron chi connectivity index (χ2n) is 7.25. The molecule has 0 unspecified atom stereocenters. The van der Waals surface area contributed by atoms with Crippen LogP contribution < -0.4 is 0 Å². The van der Waals surface area contributed by atoms with Crippen molar-refractivity contribution in [3.05, 3.63) is 30.3 Å². The van der Waals surface area contributed by atoms with Crippen LogP contribution in [0.3, 0.4) is 0 Å². The van der Waals surface area contributed by atoms with Gasteiger partial charge < -0.3 is 0 Å². The number of benzene rings is 1. The molecule has 0 heterocycles. The van der Waals surface area contributed by atoms with E-state index >= 15 is 0 Å². The summed E-state index contributed by atoms with van der Waals surface area (Å²) >= 11 is 0. The molecule has 3 atom stereocenters. The maximum atomic E-state index is 13.0. The van der Waals surface area contributed by atoms with Crippen LogP contribution in [0, 0.1) is 16.7 Å². The second-order valence-corrected chi connectivity index (χ2v) is 9.38. The van der Waals surface area contributed by atoms with E-state index in [4.69, 9.17) is 0 Å². The monoisotopic (exact) mass is 320 g/mol. The SMILES string of the molecule is CC1(C)C(=O)[C@@]2(C)CC(=O)[C@@H]1C[C@H]2S(=O)(=O)c1ccccc1. The molecular weight excluding hydrogens is 300 g/mol. The van der Waals surface area contributed by atoms with E-state index in [2.05, 4.69) is 0 Å². The molecule has 22 heavy (non-hydrogen) atoms. The summed E-state index contributed by atoms with van der Waals surface area (Å²) < 4.78 is 26.0. The van der Waals surface area contributed by atoms with Gasteiger partial charge in [0.05, 0.1) is 15.6 Å². The van der Waals surface area contributed by atoms with Gasteiger partial charge >= 0.3 is 0 Å². The van der Waals surface area contributed by atoms with E-state index in [-0.39, 0.29) is 29.3 Å². The predicted octanol–water partition coefficient (Wildman–Crippen LogP) is 2.42. The highest BCUT2D eigenvalue weighted by Gasteiger charge is 2.65. The summed E-state index contributed by atoms with van der Waals surface area (Å²) in [5, 5.41) is -0.814. The Balaban J connectivity index is 2.12. The molecule has 0 radical (unpaired) electrons. The Morgan fingerprint density at radius 1 is 1.05 bits per heavy atom. The van der Waals surface area contributed by atoms with Gasteiger partial charge in [0, 0.05) is 17.8 Å². The topological polar surface area (TPSA) is 68.3 Å². The molecule has 0 amide bonds. The van der Waals surface area contributed by atoms with E-state index in [1.165, 1.54) is 0 Å². The Labute approximate surface area is 130 Å². The van der Waals surface area contributed by atoms with E-state index in [9.17, 15) is 18.0 Å². The van der Waals surface area contributed by atoms with Crippen LogP contribution in [0.2, 0.25) is 0 Å². The highest BCUT2D eigenvalue weighted by atomic mass is 32.2. The number of sulfone groups is 1. The Morgan fingerprint density at radius 2 is 1.64 bits per heavy atom. The smallest absolute Gasteiger partial charge is 0.182 e. The molecule has 3 aliphatic carbocycles. The van der Waals surface area contributed by atoms with E-state index < -0.39 is 31.8 Å². The zero-order chi connectivity index (χ0) is 16.3. The largest absolute Gasteiger partial charge is 0.299 e. The van der Waals surface area contributed by atoms with Gasteiger partial charge in [-0.3, -0.25) is 9.59 Å². The van der Waals surface area contributed by atoms with Crippen LogP contribution in [0.1, 0.15) is 33.6 Å². The molecule has 0 aliphatic heterocycles. The van der Waals surface area contributed by atoms with E-state index in [1.807, 2.05) is 0 Å². The minimum atomic E-state index is -3.63. The van der Waals surface area contributed by atoms with Crippen molar-refractivity contribution < 1.29 is 18.0 Å². The molecule has 2 bridgehead atoms. The number of hydrogen-bond acceptors (Lipinski definition) is 4. The fourth-order valence-electron chi connectivity index (χ4n) is 4.27. The van der Waals surface area contributed by atoms with Gasteiger partial charge in [-0.1, -0.05) is 39.0 Å². The fraction of sp³-hybridized carbons (Fsp3) is 0.529. The van der Waals surface area contributed by atoms with E-state index in [1.54, 1.807) is 51.1 Å². The van der Waals surface area contributed by atoms with Crippen LogP contribution in [-0.4, -0.2) is 25.2 Å². The van der Waals surface area contributed by atoms with Crippen molar-refractivity contribution in [2.75, 3.05) is 0 Å². The number of carbonyl (C=O) groups excluding carboxylic acids is 2. The highest BCUT2D eigenvalue weighted by Crippen LogP contribution is 2.57. The third kappa shape index (κ3) is 1.84. The summed E-state index contributed by atoms with van der Waals surface area (Å²) in [6, 6.07) is 8.21. The molecule has 0 N–H and O–H groups in total. The van der Waals surface area contributed by atoms with Crippen molar-refractivity contribution in [1.29, 1.82) is 0 Å². The van der Waals surface area contributed by atoms with Gasteiger partial charge in [-0.25, -0.2) is 8.42 Å². The van der Waals surface area contributed by atoms with Crippen molar-refractivity contribution in [1.82, 2.24) is 0 Å². The lowest BCUT2D eigenvalue weighted by molar-refractivity contribution is -0.161. The van der Waals surface area contributed by atoms with Crippen molar-refractivity contribution in [3.63, 3.8) is 0 Å². The number of ketones is 2. The fourth-order valence-corrected chi connectivity index (χ4v) is 6.45. The van der Waals surface area contributed by atoms with Gasteiger partial charge in [-0.2, -0.15) is 0 Å². The summed E-state index contributed by atoms with van der Waals surface area (Å²) in [6.07, 6.45) is 0.280. The first-order chi connectivity index (χ1) is 10.1. The molecule has 3 aliphatic rings. The van der Waals surface area contributed by atoms with Gasteiger partial charge in [0.25, 0.3) is 0 Å². The molecular formula is C17H20O4S. The first-order valence-corrected chi connectivity index (χ1v) is 9.03. The quantitative estimate of drug-likeness (QED) is 0.839. The Hall–Kier alpha value is -1.49. The van der Waals surface area contributed by atoms with Crippen LogP contribution in [-0.2, 0) is 19.4 Å². The lowest BCUT2D eigenvalue weighted by Gasteiger charge is -2.54. The Bertz CT molecular complexity index is 748. The average Bonchev–Trinajstić information content (AvgIpc) is 2.45. The predicted molar refractivity (Wildman–Crippen MR) is 82.0 cm³/mol. The summed E-state index contributed by atoms with van der Waals surface area (Å²) in [7, 11) is -3.63. The minimum Gasteiger partial charge on any atom is -0.299 e. The second kappa shape index (κ2) is 4.51. The van der Waals surface area contributed by atoms with Gasteiger partial charge in [-0.15, -0.1) is 0 Å². The molecule has 118 valence electrons. The third-order valence-corrected chi connectivity index (χ3v) is 7.90. The number of Topliss-reactive ketones (excluding diaryl/α,β-unsaturated/α-hetero) is 2. The third-order valence-electron chi connectivity index (χ3n) is 5.51. The summed E-state index contributed by atoms with van der Waals surface area (Å²) in [5.74, 6) is -0.572. The molecule has 0 aromatic heterocycles. The van der Waals surface area contributed by atoms with Gasteiger partial charge in [0.1, 0.15) is 11.6 Å². The zero-order valence-corrected chi connectivity index (χ0v) is 13.8. The molecule has 1 aromatic rings. The van der Waals surface area contributed by atoms with Gasteiger partial charge in [0.2, 0.25) is 0 Å². The van der Waals surface area contributed by atoms with Crippen LogP contribution in [0.15, 0.2) is 35.2 Å². The first kappa shape index (κ1) is 15.4. The summed E-state index contributed by atoms with van der Waals surface area (Å²) in [5.41, 5.74) is -1.89. The van der Waals surface area contributed by atoms with Crippen LogP contribution in [0.25, 0.3) is 0 Å². The number of hydrogen-bond donors (Lipinski definition) is 0. The molecule has 4 nitrogen and oxygen atoms in total. The number of carbonyl (C=O) groups is 2. The van der Waals surface area contributed by atoms with Crippen LogP contribution in [0.5, 0.6) is 0 Å². The highest BCUT2D eigenvalue weighted by molar-refractivity contribution is 7.92. The zero-order valence-electron chi connectivity index (χ0n) is 13.0. The van der Waals surface area contributed by atoms with Crippen molar-refractivity contribution in [2.24, 2.45) is 16.7 Å². The standard InChI is InChI=1S/C17H20O4S/c1-16(2)12-9-14(17(3,15(16)19)10-13(12)18)22(20,21)11-7-5-4-6-8-11/h4-8,12,14H,9-10H2,1-3H3/t12-,14+,17-/m0/s1. The number of fused-ring (bicyclic) bond motifs is 3. The molecule has 3 saturated carbocycles. The Morgan fingerprint density at radius 3 is 2.23 bits per heavy atom. The summed E-state index contributed by atoms with van der Waals surface area (Å²) in [6.45, 7) is 5.18. The maximum absolute atomic E-state index is 13.0. The lowest BCUT2D eigenvalue weighted by atomic mass is 9.50. The molecule has 0 saturated heterocycles. The van der Waals surface area contributed by atoms with E-state index in [0.717, 1.165) is 0 Å². The van der Waals surface area contributed by atoms with Crippen LogP contribution in [0.4, 0.5) is 0 Å². The maximum Gasteiger partial charge on any atom is 0.182 e. The normalized spacial score (nSPS) is 34.0. The Kier molecular flexibility index (Phi) is 3.16. The minimum absolute atomic E-state index is 0.0200. The van der Waals surface area contributed by atoms with E-state index in [0.29, 0.717) is 0 Å². The molecule has 3 fully saturated rings. The molecule has 0 spiro atoms. The lowest BCUT2D eigenvalue weighted by Crippen LogP contribution is -2.64. The molecule has 4 rings (SSSR count). The van der Waals surface area contributed by atoms with Gasteiger partial charge in [-0.05, 0) is 18.6 Å². The average molecular weight is 320 g/mol. The summed E-state index contributed by atoms with van der Waals surface area (Å²) in [4.78, 5) is 25.4. The molecule has 1 aromatic carbocycles. The van der Waals surface area contributed by atoms with Crippen molar-refractivity contribution in [2.45, 2.75) is 43.8 Å². The van der Waals surface area contributed by atoms with Gasteiger partial charge in [0.15, 0.2) is 9.84 Å². The molecule has 5 heteroatoms.